The quantitative estimate of drug-likeness (QED) is 0.284. The molecular weight excluding hydrogens is 404 g/mol. The zero-order valence-corrected chi connectivity index (χ0v) is 22.4. The van der Waals surface area contributed by atoms with E-state index in [1.54, 1.807) is 5.57 Å². The molecule has 0 N–H and O–H groups in total. The van der Waals surface area contributed by atoms with E-state index < -0.39 is 0 Å². The summed E-state index contributed by atoms with van der Waals surface area (Å²) in [6, 6.07) is 0. The maximum absolute atomic E-state index is 12.1. The van der Waals surface area contributed by atoms with Crippen LogP contribution >= 0.6 is 0 Å². The summed E-state index contributed by atoms with van der Waals surface area (Å²) in [6.07, 6.45) is 20.5. The third kappa shape index (κ3) is 4.74. The molecule has 0 aromatic rings. The molecule has 3 saturated carbocycles. The summed E-state index contributed by atoms with van der Waals surface area (Å²) < 4.78 is 5.85. The van der Waals surface area contributed by atoms with E-state index in [0.29, 0.717) is 23.2 Å². The number of ether oxygens (including phenoxy) is 1. The molecule has 4 rings (SSSR count). The van der Waals surface area contributed by atoms with Gasteiger partial charge in [0.15, 0.2) is 0 Å². The van der Waals surface area contributed by atoms with Crippen LogP contribution in [0.1, 0.15) is 112 Å². The van der Waals surface area contributed by atoms with Gasteiger partial charge in [0.05, 0.1) is 0 Å². The number of carbonyl (C=O) groups is 1. The fourth-order valence-corrected chi connectivity index (χ4v) is 8.78. The van der Waals surface area contributed by atoms with E-state index in [9.17, 15) is 4.79 Å². The van der Waals surface area contributed by atoms with Gasteiger partial charge in [0.2, 0.25) is 0 Å². The molecule has 8 atom stereocenters. The van der Waals surface area contributed by atoms with Crippen LogP contribution in [0.15, 0.2) is 23.8 Å². The van der Waals surface area contributed by atoms with E-state index in [2.05, 4.69) is 59.8 Å². The highest BCUT2D eigenvalue weighted by Gasteiger charge is 2.59. The van der Waals surface area contributed by atoms with Crippen LogP contribution in [0.25, 0.3) is 0 Å². The third-order valence-electron chi connectivity index (χ3n) is 10.6. The highest BCUT2D eigenvalue weighted by Crippen LogP contribution is 2.67. The Kier molecular flexibility index (Phi) is 7.52. The Morgan fingerprint density at radius 3 is 2.64 bits per heavy atom. The average Bonchev–Trinajstić information content (AvgIpc) is 3.11. The van der Waals surface area contributed by atoms with Crippen LogP contribution in [0.4, 0.5) is 0 Å². The van der Waals surface area contributed by atoms with Crippen molar-refractivity contribution >= 4 is 5.97 Å². The number of esters is 1. The first kappa shape index (κ1) is 25.1. The van der Waals surface area contributed by atoms with Crippen molar-refractivity contribution in [3.05, 3.63) is 23.8 Å². The minimum atomic E-state index is 0.00221. The molecule has 2 heteroatoms. The van der Waals surface area contributed by atoms with Gasteiger partial charge in [-0.15, -0.1) is 0 Å². The fraction of sp³-hybridized carbons (Fsp3) is 0.839. The van der Waals surface area contributed by atoms with Crippen molar-refractivity contribution < 1.29 is 9.53 Å². The molecule has 0 amide bonds. The summed E-state index contributed by atoms with van der Waals surface area (Å²) in [6.45, 7) is 14.4. The Hall–Kier alpha value is -1.05. The maximum Gasteiger partial charge on any atom is 0.306 e. The topological polar surface area (TPSA) is 26.3 Å². The lowest BCUT2D eigenvalue weighted by molar-refractivity contribution is -0.151. The minimum absolute atomic E-state index is 0.00221. The van der Waals surface area contributed by atoms with Crippen molar-refractivity contribution in [2.45, 2.75) is 118 Å². The molecule has 33 heavy (non-hydrogen) atoms. The Bertz CT molecular complexity index is 763. The van der Waals surface area contributed by atoms with Crippen LogP contribution in [0.2, 0.25) is 0 Å². The van der Waals surface area contributed by atoms with Gasteiger partial charge in [-0.2, -0.15) is 0 Å². The fourth-order valence-electron chi connectivity index (χ4n) is 8.78. The maximum atomic E-state index is 12.1. The van der Waals surface area contributed by atoms with Crippen LogP contribution in [-0.2, 0) is 9.53 Å². The van der Waals surface area contributed by atoms with Gasteiger partial charge < -0.3 is 4.74 Å². The predicted octanol–water partition coefficient (Wildman–Crippen LogP) is 8.52. The van der Waals surface area contributed by atoms with Gasteiger partial charge in [-0.05, 0) is 104 Å². The van der Waals surface area contributed by atoms with Crippen molar-refractivity contribution in [3.8, 4) is 0 Å². The van der Waals surface area contributed by atoms with Crippen LogP contribution in [0.3, 0.4) is 0 Å². The van der Waals surface area contributed by atoms with Crippen LogP contribution in [0.5, 0.6) is 0 Å². The summed E-state index contributed by atoms with van der Waals surface area (Å²) in [5, 5.41) is 0. The molecule has 0 spiro atoms. The summed E-state index contributed by atoms with van der Waals surface area (Å²) in [4.78, 5) is 12.1. The second kappa shape index (κ2) is 9.90. The number of hydrogen-bond acceptors (Lipinski definition) is 2. The summed E-state index contributed by atoms with van der Waals surface area (Å²) in [7, 11) is 0. The molecule has 4 aliphatic carbocycles. The second-order valence-electron chi connectivity index (χ2n) is 13.0. The third-order valence-corrected chi connectivity index (χ3v) is 10.6. The molecule has 0 heterocycles. The number of rotatable bonds is 7. The smallest absolute Gasteiger partial charge is 0.306 e. The van der Waals surface area contributed by atoms with E-state index in [4.69, 9.17) is 4.74 Å². The van der Waals surface area contributed by atoms with E-state index in [1.165, 1.54) is 44.9 Å². The van der Waals surface area contributed by atoms with E-state index >= 15 is 0 Å². The highest BCUT2D eigenvalue weighted by molar-refractivity contribution is 5.69. The largest absolute Gasteiger partial charge is 0.462 e. The molecule has 0 aromatic carbocycles. The molecule has 0 bridgehead atoms. The molecular formula is C31H50O2. The zero-order valence-electron chi connectivity index (χ0n) is 22.4. The van der Waals surface area contributed by atoms with Crippen molar-refractivity contribution in [1.29, 1.82) is 0 Å². The van der Waals surface area contributed by atoms with Crippen molar-refractivity contribution in [2.24, 2.45) is 46.3 Å². The summed E-state index contributed by atoms with van der Waals surface area (Å²) >= 11 is 0. The highest BCUT2D eigenvalue weighted by atomic mass is 16.5. The number of fused-ring (bicyclic) bond motifs is 5. The van der Waals surface area contributed by atoms with E-state index in [1.807, 2.05) is 0 Å². The molecule has 0 saturated heterocycles. The standard InChI is InChI=1S/C31H50O2/c1-7-9-29(32)33-24-16-18-30(5)23(20-24)12-13-25-27-15-14-26(22(4)11-8-10-21(2)3)31(27,6)19-17-28(25)30/h8,11-12,21-22,24-28H,7,9-10,13-20H2,1-6H3/b11-8+/t22-,24+,25+,26-,27+,28+,30+,31-/m1/s1. The first-order valence-corrected chi connectivity index (χ1v) is 14.2. The van der Waals surface area contributed by atoms with Crippen LogP contribution in [0, 0.1) is 46.3 Å². The Morgan fingerprint density at radius 1 is 1.12 bits per heavy atom. The van der Waals surface area contributed by atoms with Gasteiger partial charge in [0.1, 0.15) is 6.10 Å². The molecule has 0 unspecified atom stereocenters. The van der Waals surface area contributed by atoms with Gasteiger partial charge in [-0.1, -0.05) is 65.3 Å². The second-order valence-corrected chi connectivity index (χ2v) is 13.0. The summed E-state index contributed by atoms with van der Waals surface area (Å²) in [5.41, 5.74) is 2.46. The van der Waals surface area contributed by atoms with Crippen molar-refractivity contribution in [2.75, 3.05) is 0 Å². The van der Waals surface area contributed by atoms with E-state index in [-0.39, 0.29) is 12.1 Å². The Balaban J connectivity index is 1.46. The molecule has 186 valence electrons. The lowest BCUT2D eigenvalue weighted by Gasteiger charge is -2.58. The lowest BCUT2D eigenvalue weighted by atomic mass is 9.47. The first-order chi connectivity index (χ1) is 15.7. The van der Waals surface area contributed by atoms with Gasteiger partial charge in [0.25, 0.3) is 0 Å². The van der Waals surface area contributed by atoms with Gasteiger partial charge in [-0.25, -0.2) is 0 Å². The van der Waals surface area contributed by atoms with Crippen LogP contribution in [-0.4, -0.2) is 12.1 Å². The predicted molar refractivity (Wildman–Crippen MR) is 138 cm³/mol. The van der Waals surface area contributed by atoms with Gasteiger partial charge in [-0.3, -0.25) is 4.79 Å². The van der Waals surface area contributed by atoms with Gasteiger partial charge >= 0.3 is 5.97 Å². The lowest BCUT2D eigenvalue weighted by Crippen LogP contribution is -2.51. The molecule has 3 fully saturated rings. The Morgan fingerprint density at radius 2 is 1.91 bits per heavy atom. The SMILES string of the molecule is CCCC(=O)O[C@H]1CC[C@@]2(C)C(=CC[C@H]3[C@@H]4CC[C@H]([C@H](C)/C=C/CC(C)C)[C@@]4(C)CC[C@@H]32)C1. The number of carbonyl (C=O) groups excluding carboxylic acids is 1. The molecule has 4 aliphatic rings. The van der Waals surface area contributed by atoms with Crippen molar-refractivity contribution in [1.82, 2.24) is 0 Å². The molecule has 0 aromatic heterocycles. The molecule has 2 nitrogen and oxygen atoms in total. The monoisotopic (exact) mass is 454 g/mol. The zero-order chi connectivity index (χ0) is 23.8. The van der Waals surface area contributed by atoms with Crippen LogP contribution < -0.4 is 0 Å². The number of allylic oxidation sites excluding steroid dienone is 3. The number of hydrogen-bond donors (Lipinski definition) is 0. The Labute approximate surface area is 204 Å². The van der Waals surface area contributed by atoms with Crippen molar-refractivity contribution in [3.63, 3.8) is 0 Å². The van der Waals surface area contributed by atoms with Gasteiger partial charge in [0, 0.05) is 12.8 Å². The first-order valence-electron chi connectivity index (χ1n) is 14.2. The molecule has 0 radical (unpaired) electrons. The molecule has 0 aliphatic heterocycles. The average molecular weight is 455 g/mol. The van der Waals surface area contributed by atoms with E-state index in [0.717, 1.165) is 48.9 Å². The summed E-state index contributed by atoms with van der Waals surface area (Å²) in [5.74, 6) is 4.87. The normalized spacial score (nSPS) is 41.3. The minimum Gasteiger partial charge on any atom is -0.462 e.